The number of hydrogen-bond donors (Lipinski definition) is 1. The first-order valence-electron chi connectivity index (χ1n) is 10.9. The number of aromatic nitrogens is 2. The number of hydrogen-bond acceptors (Lipinski definition) is 3. The summed E-state index contributed by atoms with van der Waals surface area (Å²) < 4.78 is 2.54. The van der Waals surface area contributed by atoms with Crippen molar-refractivity contribution >= 4 is 17.3 Å². The Balaban J connectivity index is 1.66. The lowest BCUT2D eigenvalue weighted by molar-refractivity contribution is 0.267. The molecule has 2 fully saturated rings. The zero-order valence-electron chi connectivity index (χ0n) is 17.6. The van der Waals surface area contributed by atoms with Crippen LogP contribution in [-0.2, 0) is 0 Å². The minimum absolute atomic E-state index is 0.0836. The largest absolute Gasteiger partial charge is 0.352 e. The van der Waals surface area contributed by atoms with Crippen LogP contribution in [-0.4, -0.2) is 51.6 Å². The highest BCUT2D eigenvalue weighted by molar-refractivity contribution is 7.80. The van der Waals surface area contributed by atoms with Gasteiger partial charge in [0.05, 0.1) is 17.8 Å². The zero-order chi connectivity index (χ0) is 20.2. The van der Waals surface area contributed by atoms with Gasteiger partial charge in [0, 0.05) is 30.7 Å². The third kappa shape index (κ3) is 4.48. The molecule has 6 heteroatoms. The third-order valence-electron chi connectivity index (χ3n) is 6.29. The van der Waals surface area contributed by atoms with Gasteiger partial charge in [-0.25, -0.2) is 0 Å². The van der Waals surface area contributed by atoms with Crippen molar-refractivity contribution in [3.63, 3.8) is 0 Å². The second kappa shape index (κ2) is 9.26. The molecular weight excluding hydrogens is 378 g/mol. The van der Waals surface area contributed by atoms with Crippen molar-refractivity contribution in [2.24, 2.45) is 0 Å². The Morgan fingerprint density at radius 1 is 1.14 bits per heavy atom. The van der Waals surface area contributed by atoms with E-state index in [-0.39, 0.29) is 12.1 Å². The zero-order valence-corrected chi connectivity index (χ0v) is 18.4. The maximum Gasteiger partial charge on any atom is 0.170 e. The molecule has 1 saturated carbocycles. The van der Waals surface area contributed by atoms with Crippen LogP contribution in [0.3, 0.4) is 0 Å². The molecule has 1 aliphatic carbocycles. The highest BCUT2D eigenvalue weighted by atomic mass is 32.1. The van der Waals surface area contributed by atoms with Gasteiger partial charge in [0.25, 0.3) is 0 Å². The number of thiocarbonyl (C=S) groups is 1. The molecule has 2 aromatic rings. The van der Waals surface area contributed by atoms with E-state index in [2.05, 4.69) is 69.2 Å². The second-order valence-corrected chi connectivity index (χ2v) is 9.00. The van der Waals surface area contributed by atoms with Crippen LogP contribution in [0.25, 0.3) is 0 Å². The van der Waals surface area contributed by atoms with Gasteiger partial charge in [0.15, 0.2) is 5.11 Å². The molecule has 156 valence electrons. The van der Waals surface area contributed by atoms with Gasteiger partial charge in [0.2, 0.25) is 0 Å². The fraction of sp³-hybridized carbons (Fsp3) is 0.565. The Labute approximate surface area is 180 Å². The molecule has 2 atom stereocenters. The number of pyridine rings is 1. The molecule has 0 radical (unpaired) electrons. The number of nitrogens with one attached hydrogen (secondary N) is 1. The van der Waals surface area contributed by atoms with Gasteiger partial charge in [-0.15, -0.1) is 0 Å². The molecule has 0 bridgehead atoms. The fourth-order valence-electron chi connectivity index (χ4n) is 4.87. The van der Waals surface area contributed by atoms with E-state index in [1.165, 1.54) is 37.8 Å². The minimum atomic E-state index is 0.0836. The van der Waals surface area contributed by atoms with E-state index >= 15 is 0 Å². The second-order valence-electron chi connectivity index (χ2n) is 8.61. The molecule has 0 aromatic carbocycles. The molecule has 1 saturated heterocycles. The molecule has 5 nitrogen and oxygen atoms in total. The van der Waals surface area contributed by atoms with Gasteiger partial charge in [-0.05, 0) is 76.4 Å². The number of rotatable bonds is 7. The summed E-state index contributed by atoms with van der Waals surface area (Å²) in [5.41, 5.74) is 2.43. The molecule has 1 aliphatic heterocycles. The Bertz CT molecular complexity index is 797. The predicted molar refractivity (Wildman–Crippen MR) is 122 cm³/mol. The number of nitrogens with zero attached hydrogens (tertiary/aromatic N) is 4. The standard InChI is InChI=1S/C23H33N5S/c1-26(2)15-9-17-28-22(21(25-23(28)29)19-12-6-7-14-24-19)20-13-8-16-27(20)18-10-4-3-5-11-18/h6-8,12-14,16,18,21-22H,3-5,9-11,15,17H2,1-2H3,(H,25,29)/t21-,22-/m1/s1. The predicted octanol–water partition coefficient (Wildman–Crippen LogP) is 4.31. The molecule has 4 rings (SSSR count). The van der Waals surface area contributed by atoms with Crippen LogP contribution in [0, 0.1) is 0 Å². The van der Waals surface area contributed by atoms with E-state index in [4.69, 9.17) is 12.2 Å². The molecule has 2 aliphatic rings. The quantitative estimate of drug-likeness (QED) is 0.687. The molecule has 0 spiro atoms. The molecule has 2 aromatic heterocycles. The van der Waals surface area contributed by atoms with Crippen LogP contribution in [0.4, 0.5) is 0 Å². The van der Waals surface area contributed by atoms with Crippen molar-refractivity contribution in [3.05, 3.63) is 54.1 Å². The van der Waals surface area contributed by atoms with Crippen LogP contribution in [0.5, 0.6) is 0 Å². The van der Waals surface area contributed by atoms with Crippen molar-refractivity contribution in [2.45, 2.75) is 56.7 Å². The highest BCUT2D eigenvalue weighted by Crippen LogP contribution is 2.41. The van der Waals surface area contributed by atoms with Gasteiger partial charge in [-0.1, -0.05) is 25.3 Å². The Morgan fingerprint density at radius 3 is 2.69 bits per heavy atom. The van der Waals surface area contributed by atoms with E-state index in [9.17, 15) is 0 Å². The average Bonchev–Trinajstić information content (AvgIpc) is 3.34. The molecular formula is C23H33N5S. The summed E-state index contributed by atoms with van der Waals surface area (Å²) in [6, 6.07) is 11.5. The van der Waals surface area contributed by atoms with Crippen molar-refractivity contribution < 1.29 is 0 Å². The topological polar surface area (TPSA) is 36.3 Å². The molecule has 0 amide bonds. The summed E-state index contributed by atoms with van der Waals surface area (Å²) in [5.74, 6) is 0. The lowest BCUT2D eigenvalue weighted by Gasteiger charge is -2.32. The summed E-state index contributed by atoms with van der Waals surface area (Å²) >= 11 is 5.81. The van der Waals surface area contributed by atoms with Crippen LogP contribution < -0.4 is 5.32 Å². The van der Waals surface area contributed by atoms with Gasteiger partial charge >= 0.3 is 0 Å². The highest BCUT2D eigenvalue weighted by Gasteiger charge is 2.41. The first-order valence-corrected chi connectivity index (χ1v) is 11.4. The van der Waals surface area contributed by atoms with Gasteiger partial charge in [0.1, 0.15) is 0 Å². The van der Waals surface area contributed by atoms with Crippen molar-refractivity contribution in [2.75, 3.05) is 27.2 Å². The van der Waals surface area contributed by atoms with Crippen LogP contribution in [0.2, 0.25) is 0 Å². The van der Waals surface area contributed by atoms with Gasteiger partial charge < -0.3 is 19.7 Å². The molecule has 0 unspecified atom stereocenters. The molecule has 3 heterocycles. The van der Waals surface area contributed by atoms with E-state index < -0.39 is 0 Å². The molecule has 1 N–H and O–H groups in total. The maximum atomic E-state index is 5.81. The van der Waals surface area contributed by atoms with E-state index in [1.54, 1.807) is 0 Å². The van der Waals surface area contributed by atoms with Gasteiger partial charge in [-0.2, -0.15) is 0 Å². The minimum Gasteiger partial charge on any atom is -0.352 e. The van der Waals surface area contributed by atoms with E-state index in [0.29, 0.717) is 6.04 Å². The average molecular weight is 412 g/mol. The van der Waals surface area contributed by atoms with Crippen LogP contribution in [0.1, 0.15) is 68.0 Å². The molecule has 29 heavy (non-hydrogen) atoms. The smallest absolute Gasteiger partial charge is 0.170 e. The van der Waals surface area contributed by atoms with E-state index in [1.807, 2.05) is 12.3 Å². The fourth-order valence-corrected chi connectivity index (χ4v) is 5.21. The van der Waals surface area contributed by atoms with E-state index in [0.717, 1.165) is 30.3 Å². The van der Waals surface area contributed by atoms with Crippen molar-refractivity contribution in [1.82, 2.24) is 24.7 Å². The lowest BCUT2D eigenvalue weighted by Crippen LogP contribution is -2.33. The van der Waals surface area contributed by atoms with Gasteiger partial charge in [-0.3, -0.25) is 4.98 Å². The Kier molecular flexibility index (Phi) is 6.50. The first kappa shape index (κ1) is 20.4. The summed E-state index contributed by atoms with van der Waals surface area (Å²) in [4.78, 5) is 9.31. The third-order valence-corrected chi connectivity index (χ3v) is 6.64. The normalized spacial score (nSPS) is 23.0. The summed E-state index contributed by atoms with van der Waals surface area (Å²) in [6.45, 7) is 2.01. The van der Waals surface area contributed by atoms with Crippen molar-refractivity contribution in [1.29, 1.82) is 0 Å². The Morgan fingerprint density at radius 2 is 1.97 bits per heavy atom. The summed E-state index contributed by atoms with van der Waals surface area (Å²) in [5, 5.41) is 4.44. The first-order chi connectivity index (χ1) is 14.1. The SMILES string of the molecule is CN(C)CCCN1C(=S)N[C@H](c2ccccn2)[C@H]1c1cccn1C1CCCCC1. The van der Waals surface area contributed by atoms with Crippen LogP contribution in [0.15, 0.2) is 42.7 Å². The van der Waals surface area contributed by atoms with Crippen molar-refractivity contribution in [3.8, 4) is 0 Å². The van der Waals surface area contributed by atoms with Crippen LogP contribution >= 0.6 is 12.2 Å². The summed E-state index contributed by atoms with van der Waals surface area (Å²) in [6.07, 6.45) is 11.8. The monoisotopic (exact) mass is 411 g/mol. The Hall–Kier alpha value is -1.92. The maximum absolute atomic E-state index is 5.81. The summed E-state index contributed by atoms with van der Waals surface area (Å²) in [7, 11) is 4.26. The lowest BCUT2D eigenvalue weighted by atomic mass is 9.94.